The van der Waals surface area contributed by atoms with Crippen molar-refractivity contribution in [2.45, 2.75) is 18.6 Å². The molecule has 0 bridgehead atoms. The molecule has 2 N–H and O–H groups in total. The molecular weight excluding hydrogens is 293 g/mol. The van der Waals surface area contributed by atoms with Gasteiger partial charge in [0.05, 0.1) is 0 Å². The zero-order valence-corrected chi connectivity index (χ0v) is 12.2. The number of fused-ring (bicyclic) bond motifs is 1. The van der Waals surface area contributed by atoms with Crippen LogP contribution in [0, 0.1) is 5.82 Å². The molecule has 3 rings (SSSR count). The minimum absolute atomic E-state index is 0.0582. The highest BCUT2D eigenvalue weighted by Gasteiger charge is 2.29. The van der Waals surface area contributed by atoms with Crippen molar-refractivity contribution < 1.29 is 14.2 Å². The van der Waals surface area contributed by atoms with E-state index in [9.17, 15) is 9.50 Å². The van der Waals surface area contributed by atoms with Gasteiger partial charge in [-0.15, -0.1) is 0 Å². The van der Waals surface area contributed by atoms with Gasteiger partial charge in [0.15, 0.2) is 0 Å². The van der Waals surface area contributed by atoms with E-state index in [1.54, 1.807) is 6.07 Å². The van der Waals surface area contributed by atoms with Crippen molar-refractivity contribution in [3.8, 4) is 11.5 Å². The van der Waals surface area contributed by atoms with E-state index in [4.69, 9.17) is 16.3 Å². The molecule has 1 aliphatic rings. The molecule has 2 aromatic rings. The summed E-state index contributed by atoms with van der Waals surface area (Å²) >= 11 is 6.03. The van der Waals surface area contributed by atoms with Crippen LogP contribution in [0.4, 0.5) is 4.39 Å². The smallest absolute Gasteiger partial charge is 0.127 e. The van der Waals surface area contributed by atoms with Gasteiger partial charge in [-0.2, -0.15) is 0 Å². The van der Waals surface area contributed by atoms with Crippen LogP contribution >= 0.6 is 11.6 Å². The summed E-state index contributed by atoms with van der Waals surface area (Å²) in [6.45, 7) is 0. The Balaban J connectivity index is 1.98. The molecule has 0 saturated heterocycles. The predicted octanol–water partition coefficient (Wildman–Crippen LogP) is 3.97. The van der Waals surface area contributed by atoms with Gasteiger partial charge in [-0.25, -0.2) is 4.39 Å². The maximum Gasteiger partial charge on any atom is 0.127 e. The Hall–Kier alpha value is -1.78. The Morgan fingerprint density at radius 3 is 2.81 bits per heavy atom. The summed E-state index contributed by atoms with van der Waals surface area (Å²) in [5.41, 5.74) is 1.61. The van der Waals surface area contributed by atoms with E-state index >= 15 is 0 Å². The van der Waals surface area contributed by atoms with E-state index in [0.29, 0.717) is 17.0 Å². The molecule has 0 saturated carbocycles. The van der Waals surface area contributed by atoms with Crippen molar-refractivity contribution >= 4 is 11.6 Å². The molecule has 1 heterocycles. The number of ether oxygens (including phenoxy) is 1. The molecule has 1 aliphatic heterocycles. The van der Waals surface area contributed by atoms with Crippen molar-refractivity contribution in [3.05, 3.63) is 58.4 Å². The van der Waals surface area contributed by atoms with Gasteiger partial charge < -0.3 is 15.2 Å². The summed E-state index contributed by atoms with van der Waals surface area (Å²) in [5.74, 6) is 0.145. The van der Waals surface area contributed by atoms with Crippen LogP contribution in [-0.4, -0.2) is 12.2 Å². The average molecular weight is 308 g/mol. The molecule has 0 fully saturated rings. The van der Waals surface area contributed by atoms with Crippen LogP contribution in [0.2, 0.25) is 5.02 Å². The molecule has 110 valence electrons. The fraction of sp³-hybridized carbons (Fsp3) is 0.250. The number of nitrogens with one attached hydrogen (secondary N) is 1. The van der Waals surface area contributed by atoms with E-state index in [1.807, 2.05) is 19.2 Å². The zero-order valence-electron chi connectivity index (χ0n) is 11.4. The van der Waals surface area contributed by atoms with Gasteiger partial charge in [0.25, 0.3) is 0 Å². The van der Waals surface area contributed by atoms with Crippen LogP contribution in [0.15, 0.2) is 36.4 Å². The van der Waals surface area contributed by atoms with Crippen molar-refractivity contribution in [1.82, 2.24) is 5.32 Å². The molecule has 0 amide bonds. The van der Waals surface area contributed by atoms with Crippen molar-refractivity contribution in [1.29, 1.82) is 0 Å². The fourth-order valence-corrected chi connectivity index (χ4v) is 2.88. The molecule has 0 spiro atoms. The lowest BCUT2D eigenvalue weighted by molar-refractivity contribution is 0.153. The normalized spacial score (nSPS) is 20.7. The van der Waals surface area contributed by atoms with Gasteiger partial charge in [-0.3, -0.25) is 0 Å². The molecular formula is C16H15ClFNO2. The lowest BCUT2D eigenvalue weighted by Gasteiger charge is -2.32. The van der Waals surface area contributed by atoms with Crippen molar-refractivity contribution in [2.75, 3.05) is 7.05 Å². The Bertz CT molecular complexity index is 657. The number of halogens is 2. The standard InChI is InChI=1S/C16H15ClFNO2/c1-19-14-8-16(9-4-11(18)7-12(20)5-9)21-15-3-2-10(17)6-13(14)15/h2-7,14,16,19-20H,8H2,1H3. The molecule has 2 unspecified atom stereocenters. The third-order valence-corrected chi connectivity index (χ3v) is 3.93. The number of benzene rings is 2. The Kier molecular flexibility index (Phi) is 3.74. The molecule has 0 radical (unpaired) electrons. The van der Waals surface area contributed by atoms with Crippen LogP contribution < -0.4 is 10.1 Å². The molecule has 0 aromatic heterocycles. The largest absolute Gasteiger partial charge is 0.508 e. The first-order chi connectivity index (χ1) is 10.1. The maximum atomic E-state index is 13.5. The molecule has 3 nitrogen and oxygen atoms in total. The minimum Gasteiger partial charge on any atom is -0.508 e. The lowest BCUT2D eigenvalue weighted by atomic mass is 9.93. The number of phenols is 1. The van der Waals surface area contributed by atoms with E-state index in [2.05, 4.69) is 5.32 Å². The Labute approximate surface area is 127 Å². The minimum atomic E-state index is -0.475. The number of aromatic hydroxyl groups is 1. The summed E-state index contributed by atoms with van der Waals surface area (Å²) in [5, 5.41) is 13.4. The van der Waals surface area contributed by atoms with Crippen LogP contribution in [0.5, 0.6) is 11.5 Å². The van der Waals surface area contributed by atoms with E-state index in [0.717, 1.165) is 17.4 Å². The lowest BCUT2D eigenvalue weighted by Crippen LogP contribution is -2.26. The summed E-state index contributed by atoms with van der Waals surface area (Å²) in [7, 11) is 1.86. The van der Waals surface area contributed by atoms with Crippen LogP contribution in [0.25, 0.3) is 0 Å². The Morgan fingerprint density at radius 1 is 1.29 bits per heavy atom. The SMILES string of the molecule is CNC1CC(c2cc(O)cc(F)c2)Oc2ccc(Cl)cc21. The molecule has 21 heavy (non-hydrogen) atoms. The number of rotatable bonds is 2. The maximum absolute atomic E-state index is 13.5. The second-order valence-electron chi connectivity index (χ2n) is 5.11. The summed E-state index contributed by atoms with van der Waals surface area (Å²) < 4.78 is 19.4. The number of hydrogen-bond acceptors (Lipinski definition) is 3. The predicted molar refractivity (Wildman–Crippen MR) is 79.3 cm³/mol. The van der Waals surface area contributed by atoms with Crippen LogP contribution in [0.3, 0.4) is 0 Å². The Morgan fingerprint density at radius 2 is 2.10 bits per heavy atom. The quantitative estimate of drug-likeness (QED) is 0.882. The third-order valence-electron chi connectivity index (χ3n) is 3.69. The van der Waals surface area contributed by atoms with E-state index in [-0.39, 0.29) is 17.9 Å². The second-order valence-corrected chi connectivity index (χ2v) is 5.54. The van der Waals surface area contributed by atoms with Crippen LogP contribution in [0.1, 0.15) is 29.7 Å². The average Bonchev–Trinajstić information content (AvgIpc) is 2.45. The molecule has 2 aromatic carbocycles. The number of phenolic OH excluding ortho intramolecular Hbond substituents is 1. The highest BCUT2D eigenvalue weighted by molar-refractivity contribution is 6.30. The summed E-state index contributed by atoms with van der Waals surface area (Å²) in [4.78, 5) is 0. The van der Waals surface area contributed by atoms with E-state index < -0.39 is 5.82 Å². The highest BCUT2D eigenvalue weighted by atomic mass is 35.5. The molecule has 5 heteroatoms. The molecule has 2 atom stereocenters. The van der Waals surface area contributed by atoms with Gasteiger partial charge in [0.2, 0.25) is 0 Å². The van der Waals surface area contributed by atoms with Gasteiger partial charge in [-0.1, -0.05) is 11.6 Å². The first-order valence-electron chi connectivity index (χ1n) is 6.69. The third kappa shape index (κ3) is 2.82. The van der Waals surface area contributed by atoms with Gasteiger partial charge in [0.1, 0.15) is 23.4 Å². The van der Waals surface area contributed by atoms with Crippen molar-refractivity contribution in [3.63, 3.8) is 0 Å². The first-order valence-corrected chi connectivity index (χ1v) is 7.07. The number of hydrogen-bond donors (Lipinski definition) is 2. The van der Waals surface area contributed by atoms with E-state index in [1.165, 1.54) is 12.1 Å². The molecule has 0 aliphatic carbocycles. The monoisotopic (exact) mass is 307 g/mol. The second kappa shape index (κ2) is 5.54. The van der Waals surface area contributed by atoms with Crippen molar-refractivity contribution in [2.24, 2.45) is 0 Å². The summed E-state index contributed by atoms with van der Waals surface area (Å²) in [6, 6.07) is 9.50. The van der Waals surface area contributed by atoms with Crippen LogP contribution in [-0.2, 0) is 0 Å². The fourth-order valence-electron chi connectivity index (χ4n) is 2.70. The zero-order chi connectivity index (χ0) is 15.0. The van der Waals surface area contributed by atoms with Gasteiger partial charge >= 0.3 is 0 Å². The highest BCUT2D eigenvalue weighted by Crippen LogP contribution is 2.42. The first kappa shape index (κ1) is 14.2. The summed E-state index contributed by atoms with van der Waals surface area (Å²) in [6.07, 6.45) is 0.310. The topological polar surface area (TPSA) is 41.5 Å². The van der Waals surface area contributed by atoms with Gasteiger partial charge in [-0.05, 0) is 42.9 Å². The van der Waals surface area contributed by atoms with Gasteiger partial charge in [0, 0.05) is 29.1 Å².